The summed E-state index contributed by atoms with van der Waals surface area (Å²) in [4.78, 5) is 13.8. The lowest BCUT2D eigenvalue weighted by Gasteiger charge is -2.41. The second-order valence-corrected chi connectivity index (χ2v) is 6.69. The maximum absolute atomic E-state index is 11.3. The molecule has 1 N–H and O–H groups in total. The van der Waals surface area contributed by atoms with Gasteiger partial charge >= 0.3 is 5.97 Å². The Morgan fingerprint density at radius 3 is 2.40 bits per heavy atom. The van der Waals surface area contributed by atoms with Crippen LogP contribution in [0.25, 0.3) is 0 Å². The van der Waals surface area contributed by atoms with Gasteiger partial charge in [0.05, 0.1) is 19.1 Å². The fourth-order valence-electron chi connectivity index (χ4n) is 3.97. The van der Waals surface area contributed by atoms with Crippen molar-refractivity contribution < 1.29 is 14.6 Å². The average molecular weight is 283 g/mol. The fourth-order valence-corrected chi connectivity index (χ4v) is 3.97. The van der Waals surface area contributed by atoms with Crippen molar-refractivity contribution in [1.29, 1.82) is 0 Å². The van der Waals surface area contributed by atoms with Gasteiger partial charge in [-0.05, 0) is 44.1 Å². The number of aliphatic carboxylic acids is 1. The first kappa shape index (κ1) is 15.8. The Balaban J connectivity index is 1.97. The van der Waals surface area contributed by atoms with Crippen molar-refractivity contribution in [3.63, 3.8) is 0 Å². The highest BCUT2D eigenvalue weighted by Gasteiger charge is 2.40. The molecule has 0 aromatic carbocycles. The van der Waals surface area contributed by atoms with Gasteiger partial charge in [-0.15, -0.1) is 0 Å². The molecule has 2 atom stereocenters. The number of rotatable bonds is 5. The molecule has 2 unspecified atom stereocenters. The number of carboxylic acid groups (broad SMARTS) is 1. The summed E-state index contributed by atoms with van der Waals surface area (Å²) < 4.78 is 5.44. The normalized spacial score (nSPS) is 34.9. The molecule has 0 amide bonds. The minimum Gasteiger partial charge on any atom is -0.481 e. The third kappa shape index (κ3) is 3.34. The van der Waals surface area contributed by atoms with E-state index >= 15 is 0 Å². The molecule has 1 aliphatic heterocycles. The Hall–Kier alpha value is -0.610. The second-order valence-electron chi connectivity index (χ2n) is 6.69. The topological polar surface area (TPSA) is 49.8 Å². The molecule has 1 saturated heterocycles. The lowest BCUT2D eigenvalue weighted by Crippen LogP contribution is -2.49. The minimum absolute atomic E-state index is 0.0677. The third-order valence-electron chi connectivity index (χ3n) is 5.31. The number of ether oxygens (including phenoxy) is 1. The highest BCUT2D eigenvalue weighted by atomic mass is 16.5. The van der Waals surface area contributed by atoms with E-state index in [1.54, 1.807) is 0 Å². The first-order valence-electron chi connectivity index (χ1n) is 8.10. The van der Waals surface area contributed by atoms with E-state index in [1.807, 2.05) is 0 Å². The number of carboxylic acids is 1. The third-order valence-corrected chi connectivity index (χ3v) is 5.31. The van der Waals surface area contributed by atoms with Gasteiger partial charge < -0.3 is 9.84 Å². The Bertz CT molecular complexity index is 324. The monoisotopic (exact) mass is 283 g/mol. The predicted octanol–water partition coefficient (Wildman–Crippen LogP) is 2.62. The van der Waals surface area contributed by atoms with Crippen molar-refractivity contribution in [3.05, 3.63) is 0 Å². The molecular weight excluding hydrogens is 254 g/mol. The zero-order chi connectivity index (χ0) is 14.7. The van der Waals surface area contributed by atoms with Crippen LogP contribution in [0.2, 0.25) is 0 Å². The van der Waals surface area contributed by atoms with Crippen LogP contribution in [-0.4, -0.2) is 47.8 Å². The Morgan fingerprint density at radius 1 is 1.25 bits per heavy atom. The van der Waals surface area contributed by atoms with E-state index in [1.165, 1.54) is 25.7 Å². The number of hydrogen-bond donors (Lipinski definition) is 1. The average Bonchev–Trinajstić information content (AvgIpc) is 2.89. The largest absolute Gasteiger partial charge is 0.481 e. The predicted molar refractivity (Wildman–Crippen MR) is 78.7 cm³/mol. The number of likely N-dealkylation sites (N-methyl/N-ethyl adjacent to an activating group) is 1. The van der Waals surface area contributed by atoms with Crippen LogP contribution in [0.3, 0.4) is 0 Å². The van der Waals surface area contributed by atoms with Gasteiger partial charge in [-0.3, -0.25) is 9.69 Å². The zero-order valence-corrected chi connectivity index (χ0v) is 13.0. The lowest BCUT2D eigenvalue weighted by molar-refractivity contribution is -0.143. The van der Waals surface area contributed by atoms with E-state index in [0.29, 0.717) is 19.3 Å². The summed E-state index contributed by atoms with van der Waals surface area (Å²) in [7, 11) is 0. The minimum atomic E-state index is -0.707. The quantitative estimate of drug-likeness (QED) is 0.842. The first-order valence-corrected chi connectivity index (χ1v) is 8.10. The molecule has 2 aliphatic rings. The summed E-state index contributed by atoms with van der Waals surface area (Å²) in [6, 6.07) is 0.613. The maximum atomic E-state index is 11.3. The smallest absolute Gasteiger partial charge is 0.310 e. The summed E-state index contributed by atoms with van der Waals surface area (Å²) in [6.45, 7) is 8.65. The van der Waals surface area contributed by atoms with Gasteiger partial charge in [0.1, 0.15) is 0 Å². The summed E-state index contributed by atoms with van der Waals surface area (Å²) in [5.74, 6) is 0.562. The molecule has 0 spiro atoms. The van der Waals surface area contributed by atoms with Crippen LogP contribution in [0.1, 0.15) is 46.5 Å². The summed E-state index contributed by atoms with van der Waals surface area (Å²) in [6.07, 6.45) is 4.98. The van der Waals surface area contributed by atoms with E-state index < -0.39 is 5.97 Å². The highest BCUT2D eigenvalue weighted by Crippen LogP contribution is 2.34. The van der Waals surface area contributed by atoms with Gasteiger partial charge in [-0.1, -0.05) is 20.8 Å². The van der Waals surface area contributed by atoms with Crippen LogP contribution in [-0.2, 0) is 9.53 Å². The van der Waals surface area contributed by atoms with Crippen LogP contribution in [0.4, 0.5) is 0 Å². The van der Waals surface area contributed by atoms with Crippen LogP contribution in [0.15, 0.2) is 0 Å². The molecule has 20 heavy (non-hydrogen) atoms. The van der Waals surface area contributed by atoms with Crippen LogP contribution in [0.5, 0.6) is 0 Å². The Morgan fingerprint density at radius 2 is 1.90 bits per heavy atom. The molecule has 2 fully saturated rings. The Kier molecular flexibility index (Phi) is 5.44. The molecule has 0 bridgehead atoms. The first-order chi connectivity index (χ1) is 9.54. The summed E-state index contributed by atoms with van der Waals surface area (Å²) >= 11 is 0. The molecule has 1 saturated carbocycles. The second kappa shape index (κ2) is 6.90. The van der Waals surface area contributed by atoms with Crippen molar-refractivity contribution >= 4 is 5.97 Å². The molecule has 1 heterocycles. The zero-order valence-electron chi connectivity index (χ0n) is 13.0. The number of nitrogens with zero attached hydrogens (tertiary/aromatic N) is 1. The molecule has 4 nitrogen and oxygen atoms in total. The molecular formula is C16H29NO3. The van der Waals surface area contributed by atoms with Gasteiger partial charge in [-0.25, -0.2) is 0 Å². The van der Waals surface area contributed by atoms with E-state index in [-0.39, 0.29) is 12.0 Å². The SMILES string of the molecule is CCN(C1CCC(C(C)C)CC1)C1COCC1C(=O)O. The molecule has 116 valence electrons. The van der Waals surface area contributed by atoms with Crippen molar-refractivity contribution in [2.45, 2.75) is 58.5 Å². The standard InChI is InChI=1S/C16H29NO3/c1-4-17(15-10-20-9-14(15)16(18)19)13-7-5-12(6-8-13)11(2)3/h11-15H,4-10H2,1-3H3,(H,18,19). The molecule has 0 aromatic heterocycles. The van der Waals surface area contributed by atoms with Crippen LogP contribution >= 0.6 is 0 Å². The number of hydrogen-bond acceptors (Lipinski definition) is 3. The van der Waals surface area contributed by atoms with Crippen LogP contribution in [0, 0.1) is 17.8 Å². The Labute approximate surface area is 122 Å². The maximum Gasteiger partial charge on any atom is 0.310 e. The van der Waals surface area contributed by atoms with Crippen molar-refractivity contribution in [1.82, 2.24) is 4.90 Å². The highest BCUT2D eigenvalue weighted by molar-refractivity contribution is 5.71. The molecule has 0 radical (unpaired) electrons. The summed E-state index contributed by atoms with van der Waals surface area (Å²) in [5, 5.41) is 9.33. The van der Waals surface area contributed by atoms with Crippen molar-refractivity contribution in [2.75, 3.05) is 19.8 Å². The van der Waals surface area contributed by atoms with Gasteiger partial charge in [0.15, 0.2) is 0 Å². The van der Waals surface area contributed by atoms with E-state index in [2.05, 4.69) is 25.7 Å². The van der Waals surface area contributed by atoms with Gasteiger partial charge in [-0.2, -0.15) is 0 Å². The van der Waals surface area contributed by atoms with Crippen molar-refractivity contribution in [3.8, 4) is 0 Å². The van der Waals surface area contributed by atoms with E-state index in [9.17, 15) is 9.90 Å². The molecule has 1 aliphatic carbocycles. The van der Waals surface area contributed by atoms with Crippen molar-refractivity contribution in [2.24, 2.45) is 17.8 Å². The van der Waals surface area contributed by atoms with Gasteiger partial charge in [0, 0.05) is 12.1 Å². The number of carbonyl (C=O) groups is 1. The molecule has 4 heteroatoms. The van der Waals surface area contributed by atoms with E-state index in [4.69, 9.17) is 4.74 Å². The van der Waals surface area contributed by atoms with E-state index in [0.717, 1.165) is 18.4 Å². The lowest BCUT2D eigenvalue weighted by atomic mass is 9.78. The molecule has 2 rings (SSSR count). The fraction of sp³-hybridized carbons (Fsp3) is 0.938. The molecule has 0 aromatic rings. The van der Waals surface area contributed by atoms with Crippen LogP contribution < -0.4 is 0 Å². The van der Waals surface area contributed by atoms with Gasteiger partial charge in [0.2, 0.25) is 0 Å². The summed E-state index contributed by atoms with van der Waals surface area (Å²) in [5.41, 5.74) is 0. The van der Waals surface area contributed by atoms with Gasteiger partial charge in [0.25, 0.3) is 0 Å².